The third kappa shape index (κ3) is 3.76. The van der Waals surface area contributed by atoms with Crippen LogP contribution in [-0.2, 0) is 0 Å². The first kappa shape index (κ1) is 19.3. The van der Waals surface area contributed by atoms with Gasteiger partial charge in [0.2, 0.25) is 0 Å². The number of thiophene rings is 2. The molecule has 0 saturated heterocycles. The lowest BCUT2D eigenvalue weighted by atomic mass is 9.92. The fourth-order valence-electron chi connectivity index (χ4n) is 3.18. The Morgan fingerprint density at radius 3 is 2.43 bits per heavy atom. The van der Waals surface area contributed by atoms with E-state index >= 15 is 0 Å². The van der Waals surface area contributed by atoms with Crippen molar-refractivity contribution in [1.29, 1.82) is 0 Å². The Morgan fingerprint density at radius 1 is 1.00 bits per heavy atom. The summed E-state index contributed by atoms with van der Waals surface area (Å²) in [4.78, 5) is 15.4. The van der Waals surface area contributed by atoms with Crippen LogP contribution in [0.5, 0.6) is 0 Å². The Bertz CT molecular complexity index is 1130. The van der Waals surface area contributed by atoms with Crippen LogP contribution in [0.3, 0.4) is 0 Å². The van der Waals surface area contributed by atoms with Gasteiger partial charge in [0.1, 0.15) is 6.10 Å². The van der Waals surface area contributed by atoms with E-state index in [1.165, 1.54) is 5.56 Å². The predicted molar refractivity (Wildman–Crippen MR) is 121 cm³/mol. The normalized spacial score (nSPS) is 12.1. The number of hydrogen-bond acceptors (Lipinski definition) is 4. The smallest absolute Gasteiger partial charge is 0.196 e. The highest BCUT2D eigenvalue weighted by Gasteiger charge is 2.25. The van der Waals surface area contributed by atoms with Gasteiger partial charge in [0.05, 0.1) is 3.79 Å². The zero-order valence-electron chi connectivity index (χ0n) is 15.1. The van der Waals surface area contributed by atoms with Crippen molar-refractivity contribution in [3.63, 3.8) is 0 Å². The second-order valence-electron chi connectivity index (χ2n) is 6.50. The van der Waals surface area contributed by atoms with Gasteiger partial charge in [0.25, 0.3) is 0 Å². The molecule has 1 atom stereocenters. The molecule has 140 valence electrons. The number of hydrogen-bond donors (Lipinski definition) is 1. The molecule has 2 aromatic carbocycles. The molecular formula is C23H17BrO2S2. The van der Waals surface area contributed by atoms with E-state index in [-0.39, 0.29) is 5.78 Å². The molecule has 4 aromatic rings. The van der Waals surface area contributed by atoms with Crippen molar-refractivity contribution in [2.75, 3.05) is 0 Å². The molecule has 0 aliphatic rings. The maximum atomic E-state index is 13.3. The van der Waals surface area contributed by atoms with E-state index in [1.54, 1.807) is 40.9 Å². The standard InChI is InChI=1S/C23H17BrO2S2/c1-14-12-19(27-13-14)16-8-5-9-17(21(16)18-10-11-20(24)28-18)23(26)22(25)15-6-3-2-4-7-15/h2-13,22,25H,1H3. The summed E-state index contributed by atoms with van der Waals surface area (Å²) in [5.41, 5.74) is 4.22. The van der Waals surface area contributed by atoms with Crippen LogP contribution in [0.2, 0.25) is 0 Å². The highest BCUT2D eigenvalue weighted by atomic mass is 79.9. The van der Waals surface area contributed by atoms with Gasteiger partial charge in [0, 0.05) is 26.4 Å². The van der Waals surface area contributed by atoms with E-state index in [0.29, 0.717) is 11.1 Å². The maximum absolute atomic E-state index is 13.3. The lowest BCUT2D eigenvalue weighted by Gasteiger charge is -2.16. The zero-order chi connectivity index (χ0) is 19.7. The molecule has 0 bridgehead atoms. The van der Waals surface area contributed by atoms with Gasteiger partial charge in [-0.25, -0.2) is 0 Å². The van der Waals surface area contributed by atoms with Crippen LogP contribution in [0.4, 0.5) is 0 Å². The lowest BCUT2D eigenvalue weighted by Crippen LogP contribution is -2.13. The number of ketones is 1. The topological polar surface area (TPSA) is 37.3 Å². The average Bonchev–Trinajstić information content (AvgIpc) is 3.35. The molecule has 28 heavy (non-hydrogen) atoms. The highest BCUT2D eigenvalue weighted by molar-refractivity contribution is 9.11. The Morgan fingerprint density at radius 2 is 1.79 bits per heavy atom. The molecule has 2 aromatic heterocycles. The Kier molecular flexibility index (Phi) is 5.60. The number of carbonyl (C=O) groups excluding carboxylic acids is 1. The van der Waals surface area contributed by atoms with Gasteiger partial charge in [-0.05, 0) is 57.6 Å². The van der Waals surface area contributed by atoms with Crippen LogP contribution in [0.25, 0.3) is 20.9 Å². The van der Waals surface area contributed by atoms with Crippen molar-refractivity contribution in [2.24, 2.45) is 0 Å². The van der Waals surface area contributed by atoms with Crippen LogP contribution in [0.15, 0.2) is 75.9 Å². The molecule has 0 fully saturated rings. The molecule has 2 nitrogen and oxygen atoms in total. The minimum Gasteiger partial charge on any atom is -0.380 e. The van der Waals surface area contributed by atoms with Crippen LogP contribution in [0.1, 0.15) is 27.6 Å². The monoisotopic (exact) mass is 468 g/mol. The number of aliphatic hydroxyl groups excluding tert-OH is 1. The zero-order valence-corrected chi connectivity index (χ0v) is 18.3. The minimum atomic E-state index is -1.19. The molecule has 0 aliphatic heterocycles. The summed E-state index contributed by atoms with van der Waals surface area (Å²) in [7, 11) is 0. The molecule has 0 spiro atoms. The molecule has 1 unspecified atom stereocenters. The number of aryl methyl sites for hydroxylation is 1. The van der Waals surface area contributed by atoms with E-state index in [1.807, 2.05) is 42.5 Å². The van der Waals surface area contributed by atoms with Crippen LogP contribution < -0.4 is 0 Å². The molecule has 5 heteroatoms. The predicted octanol–water partition coefficient (Wildman–Crippen LogP) is 7.13. The van der Waals surface area contributed by atoms with Crippen molar-refractivity contribution in [1.82, 2.24) is 0 Å². The van der Waals surface area contributed by atoms with E-state index < -0.39 is 6.10 Å². The second-order valence-corrected chi connectivity index (χ2v) is 9.87. The maximum Gasteiger partial charge on any atom is 0.196 e. The van der Waals surface area contributed by atoms with Crippen molar-refractivity contribution in [2.45, 2.75) is 13.0 Å². The summed E-state index contributed by atoms with van der Waals surface area (Å²) >= 11 is 6.77. The van der Waals surface area contributed by atoms with E-state index in [9.17, 15) is 9.90 Å². The van der Waals surface area contributed by atoms with Crippen molar-refractivity contribution in [3.8, 4) is 20.9 Å². The van der Waals surface area contributed by atoms with Gasteiger partial charge in [0.15, 0.2) is 5.78 Å². The van der Waals surface area contributed by atoms with E-state index in [0.717, 1.165) is 24.7 Å². The fourth-order valence-corrected chi connectivity index (χ4v) is 5.58. The summed E-state index contributed by atoms with van der Waals surface area (Å²) < 4.78 is 1.00. The molecule has 4 rings (SSSR count). The largest absolute Gasteiger partial charge is 0.380 e. The number of carbonyl (C=O) groups is 1. The first-order valence-corrected chi connectivity index (χ1v) is 11.2. The van der Waals surface area contributed by atoms with Gasteiger partial charge < -0.3 is 5.11 Å². The Balaban J connectivity index is 1.88. The Hall–Kier alpha value is -2.05. The van der Waals surface area contributed by atoms with Crippen molar-refractivity contribution >= 4 is 44.4 Å². The van der Waals surface area contributed by atoms with Crippen LogP contribution in [0, 0.1) is 6.92 Å². The Labute approximate surface area is 180 Å². The first-order chi connectivity index (χ1) is 13.5. The number of halogens is 1. The molecule has 0 amide bonds. The number of rotatable bonds is 5. The molecule has 1 N–H and O–H groups in total. The summed E-state index contributed by atoms with van der Waals surface area (Å²) in [6, 6.07) is 20.9. The van der Waals surface area contributed by atoms with Crippen LogP contribution in [-0.4, -0.2) is 10.9 Å². The second kappa shape index (κ2) is 8.13. The summed E-state index contributed by atoms with van der Waals surface area (Å²) in [6.45, 7) is 2.07. The molecular weight excluding hydrogens is 452 g/mol. The minimum absolute atomic E-state index is 0.291. The number of Topliss-reactive ketones (excluding diaryl/α,β-unsaturated/α-hetero) is 1. The summed E-state index contributed by atoms with van der Waals surface area (Å²) in [5.74, 6) is -0.291. The molecule has 2 heterocycles. The van der Waals surface area contributed by atoms with Gasteiger partial charge in [-0.1, -0.05) is 48.5 Å². The quantitative estimate of drug-likeness (QED) is 0.316. The van der Waals surface area contributed by atoms with E-state index in [4.69, 9.17) is 0 Å². The van der Waals surface area contributed by atoms with Crippen molar-refractivity contribution in [3.05, 3.63) is 92.6 Å². The van der Waals surface area contributed by atoms with Crippen molar-refractivity contribution < 1.29 is 9.90 Å². The number of benzene rings is 2. The SMILES string of the molecule is Cc1csc(-c2cccc(C(=O)C(O)c3ccccc3)c2-c2ccc(Br)s2)c1. The molecule has 0 radical (unpaired) electrons. The average molecular weight is 469 g/mol. The third-order valence-electron chi connectivity index (χ3n) is 4.51. The highest BCUT2D eigenvalue weighted by Crippen LogP contribution is 2.42. The van der Waals surface area contributed by atoms with Gasteiger partial charge >= 0.3 is 0 Å². The third-order valence-corrected chi connectivity index (χ3v) is 7.23. The van der Waals surface area contributed by atoms with Gasteiger partial charge in [-0.2, -0.15) is 0 Å². The molecule has 0 aliphatic carbocycles. The summed E-state index contributed by atoms with van der Waals surface area (Å²) in [5, 5.41) is 12.8. The fraction of sp³-hybridized carbons (Fsp3) is 0.0870. The number of aliphatic hydroxyl groups is 1. The first-order valence-electron chi connectivity index (χ1n) is 8.76. The lowest BCUT2D eigenvalue weighted by molar-refractivity contribution is 0.0748. The van der Waals surface area contributed by atoms with E-state index in [2.05, 4.69) is 34.3 Å². The van der Waals surface area contributed by atoms with Gasteiger partial charge in [-0.3, -0.25) is 4.79 Å². The van der Waals surface area contributed by atoms with Crippen LogP contribution >= 0.6 is 38.6 Å². The van der Waals surface area contributed by atoms with Gasteiger partial charge in [-0.15, -0.1) is 22.7 Å². The summed E-state index contributed by atoms with van der Waals surface area (Å²) in [6.07, 6.45) is -1.19. The molecule has 0 saturated carbocycles.